The largest absolute Gasteiger partial charge is 0.454 e. The molecule has 28 heavy (non-hydrogen) atoms. The Morgan fingerprint density at radius 2 is 1.68 bits per heavy atom. The number of benzene rings is 2. The molecule has 0 saturated carbocycles. The summed E-state index contributed by atoms with van der Waals surface area (Å²) in [4.78, 5) is 14.3. The Labute approximate surface area is 162 Å². The van der Waals surface area contributed by atoms with Gasteiger partial charge in [0.15, 0.2) is 23.0 Å². The van der Waals surface area contributed by atoms with E-state index in [-0.39, 0.29) is 18.4 Å². The highest BCUT2D eigenvalue weighted by Gasteiger charge is 2.14. The molecule has 8 nitrogen and oxygen atoms in total. The lowest BCUT2D eigenvalue weighted by atomic mass is 10.2. The molecule has 0 aliphatic carbocycles. The number of fused-ring (bicyclic) bond motifs is 1. The van der Waals surface area contributed by atoms with Crippen molar-refractivity contribution in [1.29, 1.82) is 0 Å². The number of rotatable bonds is 5. The van der Waals surface area contributed by atoms with E-state index < -0.39 is 0 Å². The van der Waals surface area contributed by atoms with Crippen molar-refractivity contribution in [2.45, 2.75) is 0 Å². The molecule has 142 valence electrons. The van der Waals surface area contributed by atoms with E-state index in [9.17, 15) is 4.79 Å². The summed E-state index contributed by atoms with van der Waals surface area (Å²) in [7, 11) is 3.92. The lowest BCUT2D eigenvalue weighted by Crippen LogP contribution is -2.15. The molecule has 0 fully saturated rings. The predicted molar refractivity (Wildman–Crippen MR) is 107 cm³/mol. The third-order valence-electron chi connectivity index (χ3n) is 4.18. The SMILES string of the molecule is CN(C)c1ccc(NC(=O)c2ccc(Nc3ccc4c(c3)OCO4)nn2)cc1. The van der Waals surface area contributed by atoms with Crippen LogP contribution in [-0.4, -0.2) is 37.0 Å². The van der Waals surface area contributed by atoms with Crippen molar-refractivity contribution in [2.24, 2.45) is 0 Å². The summed E-state index contributed by atoms with van der Waals surface area (Å²) in [6.45, 7) is 0.222. The minimum absolute atomic E-state index is 0.222. The molecule has 2 N–H and O–H groups in total. The van der Waals surface area contributed by atoms with Crippen LogP contribution < -0.4 is 25.0 Å². The summed E-state index contributed by atoms with van der Waals surface area (Å²) in [6, 6.07) is 16.4. The quantitative estimate of drug-likeness (QED) is 0.705. The van der Waals surface area contributed by atoms with Crippen LogP contribution in [0.4, 0.5) is 22.9 Å². The normalized spacial score (nSPS) is 11.8. The number of hydrogen-bond donors (Lipinski definition) is 2. The maximum atomic E-state index is 12.4. The monoisotopic (exact) mass is 377 g/mol. The van der Waals surface area contributed by atoms with Crippen molar-refractivity contribution in [2.75, 3.05) is 36.4 Å². The van der Waals surface area contributed by atoms with Gasteiger partial charge in [-0.25, -0.2) is 0 Å². The lowest BCUT2D eigenvalue weighted by molar-refractivity contribution is 0.102. The zero-order valence-corrected chi connectivity index (χ0v) is 15.5. The average Bonchev–Trinajstić information content (AvgIpc) is 3.17. The molecule has 1 aliphatic heterocycles. The van der Waals surface area contributed by atoms with Gasteiger partial charge < -0.3 is 25.0 Å². The summed E-state index contributed by atoms with van der Waals surface area (Å²) in [5, 5.41) is 14.0. The molecule has 0 unspecified atom stereocenters. The second kappa shape index (κ2) is 7.43. The third kappa shape index (κ3) is 3.80. The Kier molecular flexibility index (Phi) is 4.67. The average molecular weight is 377 g/mol. The molecular formula is C20H19N5O3. The molecule has 2 heterocycles. The first kappa shape index (κ1) is 17.6. The number of nitrogens with zero attached hydrogens (tertiary/aromatic N) is 3. The maximum absolute atomic E-state index is 12.4. The van der Waals surface area contributed by atoms with Crippen molar-refractivity contribution < 1.29 is 14.3 Å². The molecular weight excluding hydrogens is 358 g/mol. The van der Waals surface area contributed by atoms with Gasteiger partial charge in [-0.3, -0.25) is 4.79 Å². The second-order valence-corrected chi connectivity index (χ2v) is 6.39. The van der Waals surface area contributed by atoms with E-state index in [2.05, 4.69) is 20.8 Å². The minimum Gasteiger partial charge on any atom is -0.454 e. The fourth-order valence-electron chi connectivity index (χ4n) is 2.68. The molecule has 3 aromatic rings. The summed E-state index contributed by atoms with van der Waals surface area (Å²) < 4.78 is 10.6. The van der Waals surface area contributed by atoms with Crippen molar-refractivity contribution in [3.63, 3.8) is 0 Å². The Hall–Kier alpha value is -3.81. The Morgan fingerprint density at radius 3 is 2.39 bits per heavy atom. The van der Waals surface area contributed by atoms with Gasteiger partial charge in [0.2, 0.25) is 6.79 Å². The van der Waals surface area contributed by atoms with Crippen LogP contribution in [0.15, 0.2) is 54.6 Å². The van der Waals surface area contributed by atoms with E-state index in [1.807, 2.05) is 61.5 Å². The fourth-order valence-corrected chi connectivity index (χ4v) is 2.68. The second-order valence-electron chi connectivity index (χ2n) is 6.39. The molecule has 1 amide bonds. The number of aromatic nitrogens is 2. The number of anilines is 4. The van der Waals surface area contributed by atoms with E-state index in [1.165, 1.54) is 0 Å². The van der Waals surface area contributed by atoms with E-state index in [1.54, 1.807) is 12.1 Å². The number of nitrogens with one attached hydrogen (secondary N) is 2. The van der Waals surface area contributed by atoms with Crippen LogP contribution in [0.25, 0.3) is 0 Å². The van der Waals surface area contributed by atoms with E-state index in [0.29, 0.717) is 23.0 Å². The summed E-state index contributed by atoms with van der Waals surface area (Å²) in [5.41, 5.74) is 2.77. The number of hydrogen-bond acceptors (Lipinski definition) is 7. The first-order valence-electron chi connectivity index (χ1n) is 8.68. The lowest BCUT2D eigenvalue weighted by Gasteiger charge is -2.13. The van der Waals surface area contributed by atoms with Crippen LogP contribution in [0.3, 0.4) is 0 Å². The minimum atomic E-state index is -0.320. The number of carbonyl (C=O) groups is 1. The van der Waals surface area contributed by atoms with Crippen LogP contribution in [0.1, 0.15) is 10.5 Å². The zero-order valence-electron chi connectivity index (χ0n) is 15.5. The van der Waals surface area contributed by atoms with Gasteiger partial charge in [0.1, 0.15) is 0 Å². The highest BCUT2D eigenvalue weighted by molar-refractivity contribution is 6.02. The molecule has 0 atom stereocenters. The van der Waals surface area contributed by atoms with Gasteiger partial charge >= 0.3 is 0 Å². The van der Waals surface area contributed by atoms with E-state index in [0.717, 1.165) is 11.4 Å². The molecule has 0 radical (unpaired) electrons. The molecule has 1 aromatic heterocycles. The van der Waals surface area contributed by atoms with Crippen molar-refractivity contribution in [1.82, 2.24) is 10.2 Å². The topological polar surface area (TPSA) is 88.6 Å². The molecule has 8 heteroatoms. The van der Waals surface area contributed by atoms with Gasteiger partial charge in [-0.15, -0.1) is 10.2 Å². The van der Waals surface area contributed by atoms with E-state index in [4.69, 9.17) is 9.47 Å². The van der Waals surface area contributed by atoms with Gasteiger partial charge in [-0.2, -0.15) is 0 Å². The van der Waals surface area contributed by atoms with Crippen molar-refractivity contribution in [3.05, 3.63) is 60.3 Å². The first-order chi connectivity index (χ1) is 13.6. The summed E-state index contributed by atoms with van der Waals surface area (Å²) in [6.07, 6.45) is 0. The summed E-state index contributed by atoms with van der Waals surface area (Å²) >= 11 is 0. The van der Waals surface area contributed by atoms with Crippen LogP contribution in [-0.2, 0) is 0 Å². The van der Waals surface area contributed by atoms with E-state index >= 15 is 0 Å². The number of ether oxygens (including phenoxy) is 2. The van der Waals surface area contributed by atoms with Crippen LogP contribution in [0.5, 0.6) is 11.5 Å². The van der Waals surface area contributed by atoms with Crippen LogP contribution >= 0.6 is 0 Å². The van der Waals surface area contributed by atoms with Crippen LogP contribution in [0, 0.1) is 0 Å². The Balaban J connectivity index is 1.40. The Morgan fingerprint density at radius 1 is 0.929 bits per heavy atom. The third-order valence-corrected chi connectivity index (χ3v) is 4.18. The number of amides is 1. The Bertz CT molecular complexity index is 988. The van der Waals surface area contributed by atoms with Gasteiger partial charge in [-0.05, 0) is 48.5 Å². The molecule has 0 spiro atoms. The standard InChI is InChI=1S/C20H19N5O3/c1-25(2)15-6-3-13(4-7-15)22-20(26)16-8-10-19(24-23-16)21-14-5-9-17-18(11-14)28-12-27-17/h3-11H,12H2,1-2H3,(H,21,24)(H,22,26). The van der Waals surface area contributed by atoms with Crippen LogP contribution in [0.2, 0.25) is 0 Å². The van der Waals surface area contributed by atoms with Gasteiger partial charge in [0.25, 0.3) is 5.91 Å². The van der Waals surface area contributed by atoms with Crippen molar-refractivity contribution >= 4 is 28.8 Å². The van der Waals surface area contributed by atoms with Crippen molar-refractivity contribution in [3.8, 4) is 11.5 Å². The fraction of sp³-hybridized carbons (Fsp3) is 0.150. The summed E-state index contributed by atoms with van der Waals surface area (Å²) in [5.74, 6) is 1.59. The highest BCUT2D eigenvalue weighted by Crippen LogP contribution is 2.34. The van der Waals surface area contributed by atoms with Gasteiger partial charge in [0, 0.05) is 37.2 Å². The molecule has 0 bridgehead atoms. The smallest absolute Gasteiger partial charge is 0.276 e. The van der Waals surface area contributed by atoms with Gasteiger partial charge in [-0.1, -0.05) is 0 Å². The maximum Gasteiger partial charge on any atom is 0.276 e. The molecule has 0 saturated heterocycles. The molecule has 1 aliphatic rings. The molecule has 2 aromatic carbocycles. The highest BCUT2D eigenvalue weighted by atomic mass is 16.7. The zero-order chi connectivity index (χ0) is 19.5. The predicted octanol–water partition coefficient (Wildman–Crippen LogP) is 3.27. The molecule has 4 rings (SSSR count). The number of carbonyl (C=O) groups excluding carboxylic acids is 1. The van der Waals surface area contributed by atoms with Gasteiger partial charge in [0.05, 0.1) is 0 Å². The first-order valence-corrected chi connectivity index (χ1v) is 8.68.